The van der Waals surface area contributed by atoms with Gasteiger partial charge in [0.25, 0.3) is 0 Å². The number of benzene rings is 3. The predicted octanol–water partition coefficient (Wildman–Crippen LogP) is 5.86. The maximum absolute atomic E-state index is 3.55. The molecule has 0 amide bonds. The second-order valence-electron chi connectivity index (χ2n) is 4.55. The highest BCUT2D eigenvalue weighted by Crippen LogP contribution is 2.32. The number of hydrogen-bond acceptors (Lipinski definition) is 1. The minimum Gasteiger partial charge on any atom is -0.355 e. The van der Waals surface area contributed by atoms with Crippen LogP contribution in [0, 0.1) is 0 Å². The molecule has 98 valence electrons. The zero-order chi connectivity index (χ0) is 13.8. The van der Waals surface area contributed by atoms with Gasteiger partial charge < -0.3 is 5.32 Å². The van der Waals surface area contributed by atoms with Gasteiger partial charge in [0, 0.05) is 21.4 Å². The van der Waals surface area contributed by atoms with Crippen LogP contribution in [0.15, 0.2) is 83.3 Å². The molecule has 3 rings (SSSR count). The molecule has 0 aliphatic rings. The Bertz CT molecular complexity index is 693. The first kappa shape index (κ1) is 12.9. The summed E-state index contributed by atoms with van der Waals surface area (Å²) in [7, 11) is 0. The van der Waals surface area contributed by atoms with E-state index in [-0.39, 0.29) is 0 Å². The molecule has 0 aromatic heterocycles. The highest BCUT2D eigenvalue weighted by atomic mass is 79.9. The second-order valence-corrected chi connectivity index (χ2v) is 5.46. The Kier molecular flexibility index (Phi) is 3.84. The molecule has 0 spiro atoms. The molecule has 20 heavy (non-hydrogen) atoms. The molecule has 0 atom stereocenters. The fourth-order valence-corrected chi connectivity index (χ4v) is 2.52. The number of rotatable bonds is 3. The lowest BCUT2D eigenvalue weighted by Crippen LogP contribution is -1.93. The zero-order valence-electron chi connectivity index (χ0n) is 10.9. The van der Waals surface area contributed by atoms with Crippen LogP contribution >= 0.6 is 15.9 Å². The van der Waals surface area contributed by atoms with E-state index >= 15 is 0 Å². The first-order valence-corrected chi connectivity index (χ1v) is 7.29. The standard InChI is InChI=1S/C18H14BrN/c19-15-11-12-18(20-16-9-5-2-6-10-16)17(13-15)14-7-3-1-4-8-14/h1-13,20H. The smallest absolute Gasteiger partial charge is 0.0464 e. The van der Waals surface area contributed by atoms with Crippen molar-refractivity contribution in [3.63, 3.8) is 0 Å². The highest BCUT2D eigenvalue weighted by Gasteiger charge is 2.06. The fourth-order valence-electron chi connectivity index (χ4n) is 2.16. The number of nitrogens with one attached hydrogen (secondary N) is 1. The number of hydrogen-bond donors (Lipinski definition) is 1. The molecular formula is C18H14BrN. The van der Waals surface area contributed by atoms with Gasteiger partial charge in [-0.1, -0.05) is 64.5 Å². The minimum absolute atomic E-state index is 1.08. The van der Waals surface area contributed by atoms with Crippen LogP contribution < -0.4 is 5.32 Å². The van der Waals surface area contributed by atoms with Crippen molar-refractivity contribution in [2.45, 2.75) is 0 Å². The third kappa shape index (κ3) is 2.91. The first-order valence-electron chi connectivity index (χ1n) is 6.50. The van der Waals surface area contributed by atoms with Gasteiger partial charge in [0.2, 0.25) is 0 Å². The number of para-hydroxylation sites is 1. The Morgan fingerprint density at radius 3 is 2.05 bits per heavy atom. The van der Waals surface area contributed by atoms with E-state index < -0.39 is 0 Å². The summed E-state index contributed by atoms with van der Waals surface area (Å²) in [6.45, 7) is 0. The van der Waals surface area contributed by atoms with Crippen molar-refractivity contribution in [2.75, 3.05) is 5.32 Å². The van der Waals surface area contributed by atoms with E-state index in [1.807, 2.05) is 24.3 Å². The molecule has 0 saturated heterocycles. The van der Waals surface area contributed by atoms with Gasteiger partial charge in [0.05, 0.1) is 0 Å². The molecule has 0 saturated carbocycles. The monoisotopic (exact) mass is 323 g/mol. The van der Waals surface area contributed by atoms with Gasteiger partial charge in [-0.25, -0.2) is 0 Å². The summed E-state index contributed by atoms with van der Waals surface area (Å²) in [4.78, 5) is 0. The number of anilines is 2. The van der Waals surface area contributed by atoms with E-state index in [4.69, 9.17) is 0 Å². The molecule has 2 heteroatoms. The van der Waals surface area contributed by atoms with E-state index in [9.17, 15) is 0 Å². The molecule has 0 aliphatic heterocycles. The van der Waals surface area contributed by atoms with Crippen molar-refractivity contribution in [3.8, 4) is 11.1 Å². The molecule has 0 unspecified atom stereocenters. The summed E-state index contributed by atoms with van der Waals surface area (Å²) in [6, 6.07) is 26.9. The molecular weight excluding hydrogens is 310 g/mol. The lowest BCUT2D eigenvalue weighted by atomic mass is 10.0. The average molecular weight is 324 g/mol. The molecule has 0 fully saturated rings. The van der Waals surface area contributed by atoms with E-state index in [2.05, 4.69) is 75.8 Å². The molecule has 0 bridgehead atoms. The van der Waals surface area contributed by atoms with Crippen LogP contribution in [-0.2, 0) is 0 Å². The maximum atomic E-state index is 3.55. The number of halogens is 1. The van der Waals surface area contributed by atoms with E-state index in [1.165, 1.54) is 11.1 Å². The van der Waals surface area contributed by atoms with Gasteiger partial charge in [-0.2, -0.15) is 0 Å². The third-order valence-electron chi connectivity index (χ3n) is 3.12. The van der Waals surface area contributed by atoms with Crippen LogP contribution in [0.5, 0.6) is 0 Å². The van der Waals surface area contributed by atoms with E-state index in [1.54, 1.807) is 0 Å². The van der Waals surface area contributed by atoms with Crippen LogP contribution in [0.2, 0.25) is 0 Å². The van der Waals surface area contributed by atoms with Gasteiger partial charge in [-0.05, 0) is 35.9 Å². The molecule has 3 aromatic carbocycles. The molecule has 1 nitrogen and oxygen atoms in total. The first-order chi connectivity index (χ1) is 9.83. The minimum atomic E-state index is 1.08. The van der Waals surface area contributed by atoms with Crippen LogP contribution in [0.25, 0.3) is 11.1 Å². The van der Waals surface area contributed by atoms with Crippen molar-refractivity contribution in [2.24, 2.45) is 0 Å². The topological polar surface area (TPSA) is 12.0 Å². The Morgan fingerprint density at radius 1 is 0.700 bits per heavy atom. The Balaban J connectivity index is 2.03. The Hall–Kier alpha value is -2.06. The van der Waals surface area contributed by atoms with E-state index in [0.717, 1.165) is 15.8 Å². The third-order valence-corrected chi connectivity index (χ3v) is 3.61. The van der Waals surface area contributed by atoms with Gasteiger partial charge in [0.15, 0.2) is 0 Å². The quantitative estimate of drug-likeness (QED) is 0.636. The molecule has 0 aliphatic carbocycles. The van der Waals surface area contributed by atoms with Crippen molar-refractivity contribution >= 4 is 27.3 Å². The lowest BCUT2D eigenvalue weighted by Gasteiger charge is -2.13. The zero-order valence-corrected chi connectivity index (χ0v) is 12.5. The summed E-state index contributed by atoms with van der Waals surface area (Å²) >= 11 is 3.55. The normalized spacial score (nSPS) is 10.2. The SMILES string of the molecule is Brc1ccc(Nc2ccccc2)c(-c2ccccc2)c1. The summed E-state index contributed by atoms with van der Waals surface area (Å²) in [5.74, 6) is 0. The second kappa shape index (κ2) is 5.93. The van der Waals surface area contributed by atoms with Gasteiger partial charge in [0.1, 0.15) is 0 Å². The Morgan fingerprint density at radius 2 is 1.35 bits per heavy atom. The molecule has 0 heterocycles. The average Bonchev–Trinajstić information content (AvgIpc) is 2.51. The fraction of sp³-hybridized carbons (Fsp3) is 0. The summed E-state index contributed by atoms with van der Waals surface area (Å²) in [5, 5.41) is 3.48. The highest BCUT2D eigenvalue weighted by molar-refractivity contribution is 9.10. The van der Waals surface area contributed by atoms with Crippen LogP contribution in [0.1, 0.15) is 0 Å². The van der Waals surface area contributed by atoms with Gasteiger partial charge in [-0.15, -0.1) is 0 Å². The van der Waals surface area contributed by atoms with Crippen molar-refractivity contribution in [1.29, 1.82) is 0 Å². The summed E-state index contributed by atoms with van der Waals surface area (Å²) in [6.07, 6.45) is 0. The van der Waals surface area contributed by atoms with Crippen LogP contribution in [-0.4, -0.2) is 0 Å². The maximum Gasteiger partial charge on any atom is 0.0464 e. The molecule has 3 aromatic rings. The predicted molar refractivity (Wildman–Crippen MR) is 89.3 cm³/mol. The Labute approximate surface area is 127 Å². The van der Waals surface area contributed by atoms with Crippen LogP contribution in [0.4, 0.5) is 11.4 Å². The summed E-state index contributed by atoms with van der Waals surface area (Å²) < 4.78 is 1.08. The van der Waals surface area contributed by atoms with Gasteiger partial charge >= 0.3 is 0 Å². The van der Waals surface area contributed by atoms with Crippen molar-refractivity contribution in [1.82, 2.24) is 0 Å². The largest absolute Gasteiger partial charge is 0.355 e. The van der Waals surface area contributed by atoms with Crippen molar-refractivity contribution < 1.29 is 0 Å². The lowest BCUT2D eigenvalue weighted by molar-refractivity contribution is 1.52. The molecule has 0 radical (unpaired) electrons. The van der Waals surface area contributed by atoms with Gasteiger partial charge in [-0.3, -0.25) is 0 Å². The van der Waals surface area contributed by atoms with Crippen LogP contribution in [0.3, 0.4) is 0 Å². The van der Waals surface area contributed by atoms with E-state index in [0.29, 0.717) is 0 Å². The van der Waals surface area contributed by atoms with Crippen molar-refractivity contribution in [3.05, 3.63) is 83.3 Å². The molecule has 1 N–H and O–H groups in total. The summed E-state index contributed by atoms with van der Waals surface area (Å²) in [5.41, 5.74) is 4.58.